The molecule has 0 radical (unpaired) electrons. The third-order valence-electron chi connectivity index (χ3n) is 3.71. The Labute approximate surface area is 151 Å². The average Bonchev–Trinajstić information content (AvgIpc) is 2.51. The molecular formula is C19H22N2OS2. The van der Waals surface area contributed by atoms with Crippen molar-refractivity contribution >= 4 is 22.6 Å². The van der Waals surface area contributed by atoms with Crippen LogP contribution >= 0.6 is 11.8 Å². The first kappa shape index (κ1) is 18.7. The Kier molecular flexibility index (Phi) is 5.84. The van der Waals surface area contributed by atoms with E-state index in [1.54, 1.807) is 0 Å². The van der Waals surface area contributed by atoms with Crippen LogP contribution in [0.2, 0.25) is 0 Å². The molecule has 5 heteroatoms. The maximum atomic E-state index is 12.5. The number of thioether (sulfide) groups is 1. The highest BCUT2D eigenvalue weighted by Gasteiger charge is 2.15. The maximum absolute atomic E-state index is 12.5. The summed E-state index contributed by atoms with van der Waals surface area (Å²) in [5.41, 5.74) is 3.66. The Bertz CT molecular complexity index is 800. The van der Waals surface area contributed by atoms with Gasteiger partial charge in [0.2, 0.25) is 0 Å². The van der Waals surface area contributed by atoms with E-state index in [-0.39, 0.29) is 5.41 Å². The molecule has 126 valence electrons. The van der Waals surface area contributed by atoms with Crippen LogP contribution in [-0.2, 0) is 16.2 Å². The second kappa shape index (κ2) is 7.50. The molecule has 0 aliphatic heterocycles. The highest BCUT2D eigenvalue weighted by atomic mass is 32.2. The molecule has 0 amide bonds. The lowest BCUT2D eigenvalue weighted by atomic mass is 9.87. The zero-order valence-corrected chi connectivity index (χ0v) is 16.3. The van der Waals surface area contributed by atoms with Gasteiger partial charge in [0.1, 0.15) is 11.1 Å². The van der Waals surface area contributed by atoms with Gasteiger partial charge in [-0.1, -0.05) is 44.7 Å². The second-order valence-electron chi connectivity index (χ2n) is 6.75. The fourth-order valence-electron chi connectivity index (χ4n) is 2.33. The predicted octanol–water partition coefficient (Wildman–Crippen LogP) is 4.73. The van der Waals surface area contributed by atoms with Crippen molar-refractivity contribution in [1.29, 1.82) is 5.26 Å². The minimum absolute atomic E-state index is 0.0828. The zero-order chi connectivity index (χ0) is 17.9. The van der Waals surface area contributed by atoms with Gasteiger partial charge in [-0.3, -0.25) is 4.21 Å². The molecule has 2 rings (SSSR count). The maximum Gasteiger partial charge on any atom is 0.115 e. The summed E-state index contributed by atoms with van der Waals surface area (Å²) in [7, 11) is -1.13. The Balaban J connectivity index is 2.13. The minimum Gasteiger partial charge on any atom is -0.253 e. The highest BCUT2D eigenvalue weighted by Crippen LogP contribution is 2.27. The molecule has 0 fully saturated rings. The zero-order valence-electron chi connectivity index (χ0n) is 14.7. The molecular weight excluding hydrogens is 336 g/mol. The van der Waals surface area contributed by atoms with Crippen LogP contribution in [0.4, 0.5) is 0 Å². The monoisotopic (exact) mass is 358 g/mol. The lowest BCUT2D eigenvalue weighted by Crippen LogP contribution is -2.10. The molecule has 24 heavy (non-hydrogen) atoms. The largest absolute Gasteiger partial charge is 0.253 e. The highest BCUT2D eigenvalue weighted by molar-refractivity contribution is 8.10. The lowest BCUT2D eigenvalue weighted by molar-refractivity contribution is 0.589. The number of aromatic nitrogens is 1. The topological polar surface area (TPSA) is 53.8 Å². The van der Waals surface area contributed by atoms with Crippen molar-refractivity contribution < 1.29 is 4.21 Å². The Morgan fingerprint density at radius 2 is 1.83 bits per heavy atom. The van der Waals surface area contributed by atoms with E-state index in [9.17, 15) is 9.47 Å². The molecule has 0 saturated heterocycles. The van der Waals surface area contributed by atoms with Crippen molar-refractivity contribution in [3.8, 4) is 6.07 Å². The van der Waals surface area contributed by atoms with Crippen molar-refractivity contribution in [3.63, 3.8) is 0 Å². The molecule has 1 atom stereocenters. The molecule has 0 spiro atoms. The van der Waals surface area contributed by atoms with Crippen LogP contribution in [0.1, 0.15) is 43.2 Å². The number of pyridine rings is 1. The fraction of sp³-hybridized carbons (Fsp3) is 0.368. The van der Waals surface area contributed by atoms with E-state index in [0.29, 0.717) is 15.7 Å². The van der Waals surface area contributed by atoms with Gasteiger partial charge < -0.3 is 0 Å². The first-order valence-electron chi connectivity index (χ1n) is 7.72. The van der Waals surface area contributed by atoms with Crippen molar-refractivity contribution in [1.82, 2.24) is 4.98 Å². The van der Waals surface area contributed by atoms with Gasteiger partial charge in [-0.05, 0) is 48.6 Å². The van der Waals surface area contributed by atoms with Gasteiger partial charge in [0, 0.05) is 10.6 Å². The summed E-state index contributed by atoms with van der Waals surface area (Å²) in [6.07, 6.45) is 0. The van der Waals surface area contributed by atoms with Gasteiger partial charge in [0.25, 0.3) is 0 Å². The predicted molar refractivity (Wildman–Crippen MR) is 101 cm³/mol. The van der Waals surface area contributed by atoms with Gasteiger partial charge in [-0.2, -0.15) is 5.26 Å². The van der Waals surface area contributed by atoms with Crippen LogP contribution in [0.15, 0.2) is 40.3 Å². The van der Waals surface area contributed by atoms with Crippen molar-refractivity contribution in [2.75, 3.05) is 5.08 Å². The van der Waals surface area contributed by atoms with Crippen LogP contribution in [0.25, 0.3) is 0 Å². The lowest BCUT2D eigenvalue weighted by Gasteiger charge is -2.19. The molecule has 1 aromatic heterocycles. The molecule has 3 nitrogen and oxygen atoms in total. The van der Waals surface area contributed by atoms with Crippen molar-refractivity contribution in [2.45, 2.75) is 50.0 Å². The quantitative estimate of drug-likeness (QED) is 0.742. The van der Waals surface area contributed by atoms with E-state index >= 15 is 0 Å². The van der Waals surface area contributed by atoms with Crippen LogP contribution in [0.3, 0.4) is 0 Å². The molecule has 0 aliphatic carbocycles. The summed E-state index contributed by atoms with van der Waals surface area (Å²) >= 11 is 1.38. The summed E-state index contributed by atoms with van der Waals surface area (Å²) in [5.74, 6) is 0. The van der Waals surface area contributed by atoms with Crippen molar-refractivity contribution in [2.24, 2.45) is 0 Å². The van der Waals surface area contributed by atoms with Gasteiger partial charge in [0.15, 0.2) is 0 Å². The number of hydrogen-bond donors (Lipinski definition) is 0. The van der Waals surface area contributed by atoms with Crippen LogP contribution in [-0.4, -0.2) is 14.3 Å². The summed E-state index contributed by atoms with van der Waals surface area (Å²) < 4.78 is 12.5. The summed E-state index contributed by atoms with van der Waals surface area (Å²) in [6.45, 7) is 10.3. The number of hydrogen-bond acceptors (Lipinski definition) is 4. The van der Waals surface area contributed by atoms with Crippen LogP contribution in [0, 0.1) is 25.2 Å². The Morgan fingerprint density at radius 1 is 1.21 bits per heavy atom. The smallest absolute Gasteiger partial charge is 0.115 e. The van der Waals surface area contributed by atoms with Gasteiger partial charge in [0.05, 0.1) is 21.4 Å². The number of aryl methyl sites for hydroxylation is 2. The standard InChI is InChI=1S/C19H22N2OS2/c1-13-10-14(2)21-18(17(13)11-20)23-12-24(22)16-8-6-15(7-9-16)19(3,4)5/h6-10H,12H2,1-5H3/t24-/m0/s1. The summed E-state index contributed by atoms with van der Waals surface area (Å²) in [5, 5.41) is 10.4. The van der Waals surface area contributed by atoms with Crippen LogP contribution < -0.4 is 0 Å². The SMILES string of the molecule is Cc1cc(C)c(C#N)c(SC[S@](=O)c2ccc(C(C)(C)C)cc2)n1. The molecule has 1 heterocycles. The molecule has 1 aromatic carbocycles. The number of rotatable bonds is 4. The van der Waals surface area contributed by atoms with Crippen molar-refractivity contribution in [3.05, 3.63) is 52.7 Å². The normalized spacial score (nSPS) is 12.7. The molecule has 0 aliphatic rings. The first-order valence-corrected chi connectivity index (χ1v) is 10.0. The average molecular weight is 359 g/mol. The van der Waals surface area contributed by atoms with E-state index in [1.807, 2.05) is 44.2 Å². The number of nitriles is 1. The first-order chi connectivity index (χ1) is 11.2. The third kappa shape index (κ3) is 4.46. The van der Waals surface area contributed by atoms with Crippen LogP contribution in [0.5, 0.6) is 0 Å². The van der Waals surface area contributed by atoms with E-state index in [4.69, 9.17) is 0 Å². The number of benzene rings is 1. The second-order valence-corrected chi connectivity index (χ2v) is 9.54. The van der Waals surface area contributed by atoms with Gasteiger partial charge in [-0.25, -0.2) is 4.98 Å². The Hall–Kier alpha value is -1.64. The number of nitrogens with zero attached hydrogens (tertiary/aromatic N) is 2. The third-order valence-corrected chi connectivity index (χ3v) is 6.40. The molecule has 0 saturated carbocycles. The van der Waals surface area contributed by atoms with Gasteiger partial charge in [-0.15, -0.1) is 0 Å². The summed E-state index contributed by atoms with van der Waals surface area (Å²) in [6, 6.07) is 12.0. The molecule has 0 N–H and O–H groups in total. The molecule has 2 aromatic rings. The Morgan fingerprint density at radius 3 is 2.38 bits per heavy atom. The molecule has 0 unspecified atom stereocenters. The van der Waals surface area contributed by atoms with E-state index in [2.05, 4.69) is 31.8 Å². The molecule has 0 bridgehead atoms. The van der Waals surface area contributed by atoms with Gasteiger partial charge >= 0.3 is 0 Å². The van der Waals surface area contributed by atoms with E-state index in [1.165, 1.54) is 17.3 Å². The fourth-order valence-corrected chi connectivity index (χ4v) is 4.75. The summed E-state index contributed by atoms with van der Waals surface area (Å²) in [4.78, 5) is 5.23. The van der Waals surface area contributed by atoms with E-state index in [0.717, 1.165) is 16.2 Å². The van der Waals surface area contributed by atoms with E-state index < -0.39 is 10.8 Å². The minimum atomic E-state index is -1.13.